The highest BCUT2D eigenvalue weighted by Crippen LogP contribution is 2.15. The molecule has 1 aromatic carbocycles. The smallest absolute Gasteiger partial charge is 0.251 e. The minimum absolute atomic E-state index is 0.0353. The Balaban J connectivity index is 3.06. The number of rotatable bonds is 2. The fraction of sp³-hybridized carbons (Fsp3) is 0.364. The predicted molar refractivity (Wildman–Crippen MR) is 53.7 cm³/mol. The standard InChI is InChI=1S/C11H13F2NO/c1-6(2)14-11(15)8-4-5-9(12)10(13)7(8)3/h4-6H,1-3H3,(H,14,15). The van der Waals surface area contributed by atoms with Crippen molar-refractivity contribution in [3.05, 3.63) is 34.9 Å². The van der Waals surface area contributed by atoms with Crippen molar-refractivity contribution < 1.29 is 13.6 Å². The summed E-state index contributed by atoms with van der Waals surface area (Å²) in [6.07, 6.45) is 0. The van der Waals surface area contributed by atoms with Crippen LogP contribution in [0.5, 0.6) is 0 Å². The van der Waals surface area contributed by atoms with Crippen LogP contribution in [0.2, 0.25) is 0 Å². The summed E-state index contributed by atoms with van der Waals surface area (Å²) in [5.74, 6) is -2.29. The molecule has 0 heterocycles. The molecule has 0 bridgehead atoms. The number of carbonyl (C=O) groups is 1. The number of hydrogen-bond acceptors (Lipinski definition) is 1. The van der Waals surface area contributed by atoms with Gasteiger partial charge in [-0.15, -0.1) is 0 Å². The molecule has 0 aromatic heterocycles. The van der Waals surface area contributed by atoms with Gasteiger partial charge in [-0.3, -0.25) is 4.79 Å². The van der Waals surface area contributed by atoms with E-state index < -0.39 is 11.6 Å². The molecule has 0 saturated heterocycles. The molecule has 1 N–H and O–H groups in total. The van der Waals surface area contributed by atoms with Crippen LogP contribution < -0.4 is 5.32 Å². The first kappa shape index (κ1) is 11.6. The van der Waals surface area contributed by atoms with Crippen molar-refractivity contribution in [1.82, 2.24) is 5.32 Å². The van der Waals surface area contributed by atoms with Crippen LogP contribution in [-0.4, -0.2) is 11.9 Å². The van der Waals surface area contributed by atoms with Crippen LogP contribution in [0.15, 0.2) is 12.1 Å². The summed E-state index contributed by atoms with van der Waals surface area (Å²) in [7, 11) is 0. The van der Waals surface area contributed by atoms with Crippen molar-refractivity contribution in [1.29, 1.82) is 0 Å². The Morgan fingerprint density at radius 3 is 2.47 bits per heavy atom. The number of halogens is 2. The van der Waals surface area contributed by atoms with Crippen molar-refractivity contribution in [2.75, 3.05) is 0 Å². The Bertz CT molecular complexity index is 388. The SMILES string of the molecule is Cc1c(C(=O)NC(C)C)ccc(F)c1F. The maximum absolute atomic E-state index is 13.1. The van der Waals surface area contributed by atoms with Crippen LogP contribution in [-0.2, 0) is 0 Å². The largest absolute Gasteiger partial charge is 0.350 e. The third kappa shape index (κ3) is 2.52. The lowest BCUT2D eigenvalue weighted by molar-refractivity contribution is 0.0942. The van der Waals surface area contributed by atoms with Gasteiger partial charge in [-0.1, -0.05) is 0 Å². The summed E-state index contributed by atoms with van der Waals surface area (Å²) >= 11 is 0. The first-order valence-electron chi connectivity index (χ1n) is 4.69. The molecule has 15 heavy (non-hydrogen) atoms. The first-order valence-corrected chi connectivity index (χ1v) is 4.69. The van der Waals surface area contributed by atoms with Crippen molar-refractivity contribution in [3.8, 4) is 0 Å². The topological polar surface area (TPSA) is 29.1 Å². The minimum Gasteiger partial charge on any atom is -0.350 e. The van der Waals surface area contributed by atoms with E-state index in [1.165, 1.54) is 13.0 Å². The molecule has 2 nitrogen and oxygen atoms in total. The normalized spacial score (nSPS) is 10.5. The van der Waals surface area contributed by atoms with Gasteiger partial charge in [0.25, 0.3) is 5.91 Å². The lowest BCUT2D eigenvalue weighted by Crippen LogP contribution is -2.30. The molecular formula is C11H13F2NO. The number of hydrogen-bond donors (Lipinski definition) is 1. The van der Waals surface area contributed by atoms with Crippen LogP contribution in [0.3, 0.4) is 0 Å². The highest BCUT2D eigenvalue weighted by molar-refractivity contribution is 5.95. The molecule has 0 spiro atoms. The fourth-order valence-corrected chi connectivity index (χ4v) is 1.24. The van der Waals surface area contributed by atoms with E-state index in [-0.39, 0.29) is 23.1 Å². The van der Waals surface area contributed by atoms with Gasteiger partial charge in [0.2, 0.25) is 0 Å². The zero-order chi connectivity index (χ0) is 11.6. The van der Waals surface area contributed by atoms with E-state index in [1.807, 2.05) is 0 Å². The molecule has 0 saturated carbocycles. The summed E-state index contributed by atoms with van der Waals surface area (Å²) < 4.78 is 25.9. The number of nitrogens with one attached hydrogen (secondary N) is 1. The second-order valence-corrected chi connectivity index (χ2v) is 3.66. The Morgan fingerprint density at radius 1 is 1.33 bits per heavy atom. The molecule has 4 heteroatoms. The molecule has 0 atom stereocenters. The van der Waals surface area contributed by atoms with Gasteiger partial charge in [-0.25, -0.2) is 8.78 Å². The van der Waals surface area contributed by atoms with E-state index in [9.17, 15) is 13.6 Å². The van der Waals surface area contributed by atoms with Gasteiger partial charge >= 0.3 is 0 Å². The molecule has 1 amide bonds. The number of benzene rings is 1. The number of amides is 1. The molecule has 0 fully saturated rings. The lowest BCUT2D eigenvalue weighted by atomic mass is 10.1. The van der Waals surface area contributed by atoms with Gasteiger partial charge in [0.05, 0.1) is 0 Å². The fourth-order valence-electron chi connectivity index (χ4n) is 1.24. The quantitative estimate of drug-likeness (QED) is 0.803. The van der Waals surface area contributed by atoms with Gasteiger partial charge in [0.1, 0.15) is 0 Å². The Morgan fingerprint density at radius 2 is 1.93 bits per heavy atom. The second-order valence-electron chi connectivity index (χ2n) is 3.66. The van der Waals surface area contributed by atoms with E-state index in [4.69, 9.17) is 0 Å². The van der Waals surface area contributed by atoms with Gasteiger partial charge in [-0.2, -0.15) is 0 Å². The van der Waals surface area contributed by atoms with Gasteiger partial charge in [0, 0.05) is 17.2 Å². The molecule has 0 radical (unpaired) electrons. The van der Waals surface area contributed by atoms with Gasteiger partial charge < -0.3 is 5.32 Å². The average Bonchev–Trinajstić information content (AvgIpc) is 2.13. The summed E-state index contributed by atoms with van der Waals surface area (Å²) in [4.78, 5) is 11.5. The van der Waals surface area contributed by atoms with Crippen molar-refractivity contribution in [2.45, 2.75) is 26.8 Å². The molecular weight excluding hydrogens is 200 g/mol. The average molecular weight is 213 g/mol. The van der Waals surface area contributed by atoms with E-state index in [2.05, 4.69) is 5.32 Å². The highest BCUT2D eigenvalue weighted by atomic mass is 19.2. The molecule has 0 unspecified atom stereocenters. The van der Waals surface area contributed by atoms with E-state index >= 15 is 0 Å². The van der Waals surface area contributed by atoms with E-state index in [1.54, 1.807) is 13.8 Å². The van der Waals surface area contributed by atoms with Gasteiger partial charge in [0.15, 0.2) is 11.6 Å². The van der Waals surface area contributed by atoms with Crippen molar-refractivity contribution in [3.63, 3.8) is 0 Å². The van der Waals surface area contributed by atoms with Gasteiger partial charge in [-0.05, 0) is 32.9 Å². The highest BCUT2D eigenvalue weighted by Gasteiger charge is 2.15. The molecule has 1 aromatic rings. The van der Waals surface area contributed by atoms with E-state index in [0.717, 1.165) is 6.07 Å². The number of carbonyl (C=O) groups excluding carboxylic acids is 1. The van der Waals surface area contributed by atoms with Crippen LogP contribution in [0.4, 0.5) is 8.78 Å². The summed E-state index contributed by atoms with van der Waals surface area (Å²) in [6.45, 7) is 4.98. The second kappa shape index (κ2) is 4.38. The molecule has 82 valence electrons. The van der Waals surface area contributed by atoms with Crippen LogP contribution >= 0.6 is 0 Å². The Hall–Kier alpha value is -1.45. The Labute approximate surface area is 87.3 Å². The molecule has 0 aliphatic rings. The maximum atomic E-state index is 13.1. The van der Waals surface area contributed by atoms with E-state index in [0.29, 0.717) is 0 Å². The predicted octanol–water partition coefficient (Wildman–Crippen LogP) is 2.41. The summed E-state index contributed by atoms with van der Waals surface area (Å²) in [6, 6.07) is 2.20. The summed E-state index contributed by atoms with van der Waals surface area (Å²) in [5, 5.41) is 2.62. The lowest BCUT2D eigenvalue weighted by Gasteiger charge is -2.10. The summed E-state index contributed by atoms with van der Waals surface area (Å²) in [5.41, 5.74) is 0.204. The maximum Gasteiger partial charge on any atom is 0.251 e. The monoisotopic (exact) mass is 213 g/mol. The first-order chi connectivity index (χ1) is 6.93. The van der Waals surface area contributed by atoms with Crippen LogP contribution in [0.1, 0.15) is 29.8 Å². The zero-order valence-electron chi connectivity index (χ0n) is 8.90. The van der Waals surface area contributed by atoms with Crippen LogP contribution in [0.25, 0.3) is 0 Å². The molecule has 0 aliphatic carbocycles. The third-order valence-corrected chi connectivity index (χ3v) is 2.00. The molecule has 0 aliphatic heterocycles. The van der Waals surface area contributed by atoms with Crippen molar-refractivity contribution >= 4 is 5.91 Å². The van der Waals surface area contributed by atoms with Crippen molar-refractivity contribution in [2.24, 2.45) is 0 Å². The van der Waals surface area contributed by atoms with Crippen LogP contribution in [0, 0.1) is 18.6 Å². The zero-order valence-corrected chi connectivity index (χ0v) is 8.90. The minimum atomic E-state index is -0.966. The third-order valence-electron chi connectivity index (χ3n) is 2.00. The Kier molecular flexibility index (Phi) is 3.39. The molecule has 1 rings (SSSR count).